The number of benzene rings is 2. The fourth-order valence-corrected chi connectivity index (χ4v) is 3.11. The largest absolute Gasteiger partial charge is 0.489 e. The highest BCUT2D eigenvalue weighted by Crippen LogP contribution is 2.31. The summed E-state index contributed by atoms with van der Waals surface area (Å²) in [5.74, 6) is -0.351. The highest BCUT2D eigenvalue weighted by atomic mass is 19.4. The molecule has 0 saturated heterocycles. The first-order valence-electron chi connectivity index (χ1n) is 9.54. The van der Waals surface area contributed by atoms with Gasteiger partial charge in [-0.25, -0.2) is 15.0 Å². The number of nitrogens with zero attached hydrogens (tertiary/aromatic N) is 5. The van der Waals surface area contributed by atoms with Crippen LogP contribution in [-0.4, -0.2) is 33.6 Å². The normalized spacial score (nSPS) is 11.6. The maximum absolute atomic E-state index is 13.3. The minimum absolute atomic E-state index is 0.126. The zero-order valence-electron chi connectivity index (χ0n) is 17.0. The van der Waals surface area contributed by atoms with Crippen molar-refractivity contribution < 1.29 is 17.9 Å². The lowest BCUT2D eigenvalue weighted by Gasteiger charge is -2.14. The first-order chi connectivity index (χ1) is 14.8. The molecular formula is C22H20F3N5O. The molecule has 2 aromatic heterocycles. The van der Waals surface area contributed by atoms with Crippen molar-refractivity contribution in [2.75, 3.05) is 19.0 Å². The Morgan fingerprint density at radius 3 is 2.29 bits per heavy atom. The standard InChI is InChI=1S/C22H20F3N5O/c1-29(2)19-18-20(28-21(27-19)22(23,24)25)30(14-26-18)12-15-8-10-17(11-9-15)31-13-16-6-4-3-5-7-16/h3-11,14H,12-13H2,1-2H3. The van der Waals surface area contributed by atoms with Gasteiger partial charge in [-0.1, -0.05) is 42.5 Å². The molecule has 9 heteroatoms. The van der Waals surface area contributed by atoms with Gasteiger partial charge in [0.2, 0.25) is 5.82 Å². The first-order valence-corrected chi connectivity index (χ1v) is 9.54. The molecule has 0 aliphatic carbocycles. The quantitative estimate of drug-likeness (QED) is 0.452. The van der Waals surface area contributed by atoms with E-state index in [4.69, 9.17) is 4.74 Å². The van der Waals surface area contributed by atoms with Crippen molar-refractivity contribution in [2.45, 2.75) is 19.3 Å². The molecule has 31 heavy (non-hydrogen) atoms. The third kappa shape index (κ3) is 4.60. The molecule has 2 heterocycles. The lowest BCUT2D eigenvalue weighted by atomic mass is 10.2. The third-order valence-electron chi connectivity index (χ3n) is 4.65. The van der Waals surface area contributed by atoms with Crippen molar-refractivity contribution in [2.24, 2.45) is 0 Å². The van der Waals surface area contributed by atoms with E-state index in [2.05, 4.69) is 15.0 Å². The summed E-state index contributed by atoms with van der Waals surface area (Å²) in [4.78, 5) is 13.1. The van der Waals surface area contributed by atoms with E-state index in [0.29, 0.717) is 24.4 Å². The number of hydrogen-bond donors (Lipinski definition) is 0. The Hall–Kier alpha value is -3.62. The van der Waals surface area contributed by atoms with Crippen LogP contribution in [0.2, 0.25) is 0 Å². The van der Waals surface area contributed by atoms with Gasteiger partial charge in [0, 0.05) is 14.1 Å². The van der Waals surface area contributed by atoms with Crippen LogP contribution in [0.1, 0.15) is 17.0 Å². The van der Waals surface area contributed by atoms with Crippen molar-refractivity contribution in [3.63, 3.8) is 0 Å². The van der Waals surface area contributed by atoms with E-state index in [1.54, 1.807) is 18.7 Å². The van der Waals surface area contributed by atoms with Crippen LogP contribution in [0.5, 0.6) is 5.75 Å². The van der Waals surface area contributed by atoms with Crippen molar-refractivity contribution in [3.8, 4) is 5.75 Å². The zero-order chi connectivity index (χ0) is 22.0. The monoisotopic (exact) mass is 427 g/mol. The van der Waals surface area contributed by atoms with Gasteiger partial charge in [-0.05, 0) is 23.3 Å². The number of imidazole rings is 1. The lowest BCUT2D eigenvalue weighted by Crippen LogP contribution is -2.18. The number of alkyl halides is 3. The highest BCUT2D eigenvalue weighted by Gasteiger charge is 2.36. The van der Waals surface area contributed by atoms with Crippen LogP contribution in [0.15, 0.2) is 60.9 Å². The van der Waals surface area contributed by atoms with E-state index in [1.165, 1.54) is 11.2 Å². The Labute approximate surface area is 177 Å². The molecule has 160 valence electrons. The van der Waals surface area contributed by atoms with E-state index in [1.807, 2.05) is 54.6 Å². The Kier molecular flexibility index (Phi) is 5.50. The molecule has 0 saturated carbocycles. The fourth-order valence-electron chi connectivity index (χ4n) is 3.11. The van der Waals surface area contributed by atoms with Gasteiger partial charge in [0.05, 0.1) is 12.9 Å². The van der Waals surface area contributed by atoms with Crippen LogP contribution < -0.4 is 9.64 Å². The molecular weight excluding hydrogens is 407 g/mol. The molecule has 2 aromatic carbocycles. The van der Waals surface area contributed by atoms with E-state index in [9.17, 15) is 13.2 Å². The number of rotatable bonds is 6. The second kappa shape index (κ2) is 8.25. The molecule has 4 aromatic rings. The zero-order valence-corrected chi connectivity index (χ0v) is 17.0. The van der Waals surface area contributed by atoms with Crippen molar-refractivity contribution in [1.29, 1.82) is 0 Å². The SMILES string of the molecule is CN(C)c1nc(C(F)(F)F)nc2c1ncn2Cc1ccc(OCc2ccccc2)cc1. The molecule has 0 atom stereocenters. The van der Waals surface area contributed by atoms with Gasteiger partial charge in [0.15, 0.2) is 17.0 Å². The van der Waals surface area contributed by atoms with Crippen LogP contribution >= 0.6 is 0 Å². The average Bonchev–Trinajstić information content (AvgIpc) is 3.15. The molecule has 0 unspecified atom stereocenters. The average molecular weight is 427 g/mol. The number of anilines is 1. The van der Waals surface area contributed by atoms with Crippen LogP contribution in [0.25, 0.3) is 11.2 Å². The number of aromatic nitrogens is 4. The van der Waals surface area contributed by atoms with E-state index in [-0.39, 0.29) is 11.5 Å². The molecule has 0 fully saturated rings. The molecule has 0 radical (unpaired) electrons. The number of hydrogen-bond acceptors (Lipinski definition) is 5. The maximum atomic E-state index is 13.3. The molecule has 6 nitrogen and oxygen atoms in total. The highest BCUT2D eigenvalue weighted by molar-refractivity contribution is 5.83. The van der Waals surface area contributed by atoms with Gasteiger partial charge in [-0.2, -0.15) is 13.2 Å². The Morgan fingerprint density at radius 2 is 1.65 bits per heavy atom. The summed E-state index contributed by atoms with van der Waals surface area (Å²) in [6, 6.07) is 17.2. The molecule has 0 spiro atoms. The summed E-state index contributed by atoms with van der Waals surface area (Å²) in [5.41, 5.74) is 2.40. The smallest absolute Gasteiger partial charge is 0.451 e. The van der Waals surface area contributed by atoms with Gasteiger partial charge in [0.1, 0.15) is 12.4 Å². The van der Waals surface area contributed by atoms with Gasteiger partial charge >= 0.3 is 6.18 Å². The van der Waals surface area contributed by atoms with Gasteiger partial charge in [-0.15, -0.1) is 0 Å². The Balaban J connectivity index is 1.56. The summed E-state index contributed by atoms with van der Waals surface area (Å²) in [5, 5.41) is 0. The fraction of sp³-hybridized carbons (Fsp3) is 0.227. The third-order valence-corrected chi connectivity index (χ3v) is 4.65. The Bertz CT molecular complexity index is 1170. The predicted molar refractivity (Wildman–Crippen MR) is 111 cm³/mol. The number of fused-ring (bicyclic) bond motifs is 1. The summed E-state index contributed by atoms with van der Waals surface area (Å²) in [7, 11) is 3.24. The van der Waals surface area contributed by atoms with Crippen LogP contribution in [0.4, 0.5) is 19.0 Å². The van der Waals surface area contributed by atoms with E-state index >= 15 is 0 Å². The van der Waals surface area contributed by atoms with Crippen molar-refractivity contribution in [3.05, 3.63) is 77.9 Å². The molecule has 0 N–H and O–H groups in total. The van der Waals surface area contributed by atoms with Gasteiger partial charge < -0.3 is 14.2 Å². The van der Waals surface area contributed by atoms with E-state index < -0.39 is 12.0 Å². The van der Waals surface area contributed by atoms with E-state index in [0.717, 1.165) is 11.1 Å². The lowest BCUT2D eigenvalue weighted by molar-refractivity contribution is -0.144. The summed E-state index contributed by atoms with van der Waals surface area (Å²) >= 11 is 0. The van der Waals surface area contributed by atoms with Crippen LogP contribution in [0.3, 0.4) is 0 Å². The molecule has 0 amide bonds. The minimum Gasteiger partial charge on any atom is -0.489 e. The van der Waals surface area contributed by atoms with Gasteiger partial charge in [-0.3, -0.25) is 0 Å². The minimum atomic E-state index is -4.65. The molecule has 4 rings (SSSR count). The van der Waals surface area contributed by atoms with Crippen LogP contribution in [-0.2, 0) is 19.3 Å². The maximum Gasteiger partial charge on any atom is 0.451 e. The second-order valence-corrected chi connectivity index (χ2v) is 7.23. The summed E-state index contributed by atoms with van der Waals surface area (Å²) < 4.78 is 47.2. The molecule has 0 bridgehead atoms. The van der Waals surface area contributed by atoms with Crippen molar-refractivity contribution in [1.82, 2.24) is 19.5 Å². The number of halogens is 3. The first kappa shape index (κ1) is 20.6. The molecule has 0 aliphatic rings. The van der Waals surface area contributed by atoms with Gasteiger partial charge in [0.25, 0.3) is 0 Å². The summed E-state index contributed by atoms with van der Waals surface area (Å²) in [6.07, 6.45) is -3.17. The predicted octanol–water partition coefficient (Wildman–Crippen LogP) is 4.54. The van der Waals surface area contributed by atoms with Crippen molar-refractivity contribution >= 4 is 17.0 Å². The number of ether oxygens (including phenoxy) is 1. The topological polar surface area (TPSA) is 56.1 Å². The van der Waals surface area contributed by atoms with Crippen LogP contribution in [0, 0.1) is 0 Å². The molecule has 0 aliphatic heterocycles. The second-order valence-electron chi connectivity index (χ2n) is 7.23. The Morgan fingerprint density at radius 1 is 0.935 bits per heavy atom. The summed E-state index contributed by atoms with van der Waals surface area (Å²) in [6.45, 7) is 0.771.